The van der Waals surface area contributed by atoms with Crippen molar-refractivity contribution in [2.45, 2.75) is 109 Å². The second-order valence-electron chi connectivity index (χ2n) is 17.7. The third kappa shape index (κ3) is 10.7. The van der Waals surface area contributed by atoms with Crippen LogP contribution >= 0.6 is 22.9 Å². The number of ether oxygens (including phenoxy) is 2. The van der Waals surface area contributed by atoms with Crippen LogP contribution in [0.2, 0.25) is 5.02 Å². The molecule has 0 radical (unpaired) electrons. The Balaban J connectivity index is 0.887. The molecule has 2 aliphatic heterocycles. The summed E-state index contributed by atoms with van der Waals surface area (Å²) in [5.74, 6) is -1.79. The standard InChI is InChI=1S/C46H54ClN7O10S/c1-24-40(65-23-52-24)26-10-8-25(9-11-26)19-49-43(61)34-18-30(57)20-54(34)44(62)32(46(2,3)4)17-28(55)6-5-7-29(56)21-63-35-16-27(12-13-33(35)47)36(58)39-37(59)38(60)45(64-39)53-15-14-31-41(48)50-22-51-42(31)53/h8-16,22-23,30,32,34,36-39,45,57-60H,5-7,17-21H2,1-4H3,(H,49,61)(H2,48,50,51)/t30-,32-,34+,36+,37-,38+,39+,45+/m0/s1. The third-order valence-corrected chi connectivity index (χ3v) is 13.4. The van der Waals surface area contributed by atoms with Crippen LogP contribution in [0.3, 0.4) is 0 Å². The zero-order valence-electron chi connectivity index (χ0n) is 36.5. The van der Waals surface area contributed by atoms with Crippen molar-refractivity contribution in [1.82, 2.24) is 29.7 Å². The minimum atomic E-state index is -1.50. The lowest BCUT2D eigenvalue weighted by molar-refractivity contribution is -0.146. The van der Waals surface area contributed by atoms with Crippen LogP contribution in [-0.2, 0) is 30.5 Å². The molecule has 0 saturated carbocycles. The quantitative estimate of drug-likeness (QED) is 0.0753. The number of aliphatic hydroxyl groups is 4. The van der Waals surface area contributed by atoms with Crippen molar-refractivity contribution in [2.24, 2.45) is 11.3 Å². The molecule has 0 spiro atoms. The smallest absolute Gasteiger partial charge is 0.243 e. The molecule has 5 aromatic rings. The normalized spacial score (nSPS) is 22.0. The van der Waals surface area contributed by atoms with Gasteiger partial charge in [0.1, 0.15) is 66.4 Å². The molecule has 19 heteroatoms. The predicted molar refractivity (Wildman–Crippen MR) is 241 cm³/mol. The number of nitrogens with one attached hydrogen (secondary N) is 1. The minimum Gasteiger partial charge on any atom is -0.484 e. The van der Waals surface area contributed by atoms with E-state index in [1.807, 2.05) is 52.0 Å². The van der Waals surface area contributed by atoms with Crippen LogP contribution in [0.25, 0.3) is 21.5 Å². The second kappa shape index (κ2) is 20.0. The highest BCUT2D eigenvalue weighted by atomic mass is 35.5. The molecule has 65 heavy (non-hydrogen) atoms. The Bertz CT molecular complexity index is 2530. The van der Waals surface area contributed by atoms with E-state index in [4.69, 9.17) is 26.8 Å². The number of benzene rings is 2. The summed E-state index contributed by atoms with van der Waals surface area (Å²) in [6, 6.07) is 12.9. The summed E-state index contributed by atoms with van der Waals surface area (Å²) >= 11 is 7.94. The number of carbonyl (C=O) groups excluding carboxylic acids is 4. The van der Waals surface area contributed by atoms with Gasteiger partial charge in [0.2, 0.25) is 11.8 Å². The molecule has 8 atom stereocenters. The van der Waals surface area contributed by atoms with Crippen LogP contribution in [0.15, 0.2) is 66.6 Å². The number of nitrogens with zero attached hydrogens (tertiary/aromatic N) is 5. The largest absolute Gasteiger partial charge is 0.484 e. The number of likely N-dealkylation sites (tertiary alicyclic amines) is 1. The molecule has 0 aliphatic carbocycles. The molecular formula is C46H54ClN7O10S. The van der Waals surface area contributed by atoms with Gasteiger partial charge in [0.15, 0.2) is 12.0 Å². The number of Topliss-reactive ketones (excluding diaryl/α,β-unsaturated/α-hetero) is 2. The number of anilines is 1. The lowest BCUT2D eigenvalue weighted by atomic mass is 9.76. The Morgan fingerprint density at radius 1 is 1.02 bits per heavy atom. The fourth-order valence-corrected chi connectivity index (χ4v) is 9.33. The van der Waals surface area contributed by atoms with Crippen molar-refractivity contribution >= 4 is 63.2 Å². The lowest BCUT2D eigenvalue weighted by Gasteiger charge is -2.34. The van der Waals surface area contributed by atoms with Crippen molar-refractivity contribution in [3.63, 3.8) is 0 Å². The molecule has 3 aromatic heterocycles. The number of nitrogens with two attached hydrogens (primary N) is 1. The van der Waals surface area contributed by atoms with Crippen molar-refractivity contribution < 1.29 is 49.1 Å². The number of rotatable bonds is 17. The maximum atomic E-state index is 14.1. The van der Waals surface area contributed by atoms with Crippen molar-refractivity contribution in [3.05, 3.63) is 88.4 Å². The van der Waals surface area contributed by atoms with Crippen LogP contribution in [0, 0.1) is 18.3 Å². The average molecular weight is 932 g/mol. The average Bonchev–Trinajstić information content (AvgIpc) is 4.07. The summed E-state index contributed by atoms with van der Waals surface area (Å²) in [4.78, 5) is 68.8. The topological polar surface area (TPSA) is 253 Å². The number of halogens is 1. The second-order valence-corrected chi connectivity index (χ2v) is 19.0. The van der Waals surface area contributed by atoms with E-state index < -0.39 is 54.1 Å². The lowest BCUT2D eigenvalue weighted by Crippen LogP contribution is -2.50. The van der Waals surface area contributed by atoms with Gasteiger partial charge in [-0.1, -0.05) is 62.7 Å². The van der Waals surface area contributed by atoms with Gasteiger partial charge in [-0.3, -0.25) is 19.2 Å². The molecular weight excluding hydrogens is 878 g/mol. The van der Waals surface area contributed by atoms with E-state index in [2.05, 4.69) is 20.3 Å². The molecule has 5 heterocycles. The molecule has 2 aromatic carbocycles. The Hall–Kier alpha value is -5.34. The maximum absolute atomic E-state index is 14.1. The zero-order chi connectivity index (χ0) is 46.7. The molecule has 2 fully saturated rings. The van der Waals surface area contributed by atoms with Crippen LogP contribution in [-0.4, -0.2) is 112 Å². The summed E-state index contributed by atoms with van der Waals surface area (Å²) in [6.45, 7) is 7.32. The molecule has 0 unspecified atom stereocenters. The monoisotopic (exact) mass is 931 g/mol. The number of aliphatic hydroxyl groups excluding tert-OH is 4. The van der Waals surface area contributed by atoms with Gasteiger partial charge in [0.25, 0.3) is 0 Å². The van der Waals surface area contributed by atoms with Crippen molar-refractivity contribution in [1.29, 1.82) is 0 Å². The highest BCUT2D eigenvalue weighted by Gasteiger charge is 2.48. The molecule has 2 aliphatic rings. The molecule has 0 bridgehead atoms. The Labute approximate surface area is 384 Å². The number of carbonyl (C=O) groups is 4. The van der Waals surface area contributed by atoms with Gasteiger partial charge < -0.3 is 50.4 Å². The molecule has 7 rings (SSSR count). The highest BCUT2D eigenvalue weighted by molar-refractivity contribution is 7.13. The van der Waals surface area contributed by atoms with Gasteiger partial charge >= 0.3 is 0 Å². The summed E-state index contributed by atoms with van der Waals surface area (Å²) in [5.41, 5.74) is 10.5. The number of thiazole rings is 1. The first kappa shape index (κ1) is 47.6. The van der Waals surface area contributed by atoms with E-state index in [1.54, 1.807) is 29.1 Å². The summed E-state index contributed by atoms with van der Waals surface area (Å²) < 4.78 is 13.2. The Morgan fingerprint density at radius 3 is 2.46 bits per heavy atom. The number of hydrogen-bond donors (Lipinski definition) is 6. The first-order valence-corrected chi connectivity index (χ1v) is 22.6. The van der Waals surface area contributed by atoms with Crippen molar-refractivity contribution in [2.75, 3.05) is 18.9 Å². The molecule has 2 amide bonds. The molecule has 7 N–H and O–H groups in total. The number of fused-ring (bicyclic) bond motifs is 1. The van der Waals surface area contributed by atoms with E-state index in [0.717, 1.165) is 21.7 Å². The molecule has 2 saturated heterocycles. The maximum Gasteiger partial charge on any atom is 0.243 e. The van der Waals surface area contributed by atoms with E-state index in [9.17, 15) is 39.6 Å². The summed E-state index contributed by atoms with van der Waals surface area (Å²) in [5, 5.41) is 47.3. The van der Waals surface area contributed by atoms with Crippen LogP contribution < -0.4 is 15.8 Å². The van der Waals surface area contributed by atoms with Crippen LogP contribution in [0.4, 0.5) is 5.82 Å². The van der Waals surface area contributed by atoms with Gasteiger partial charge in [-0.25, -0.2) is 15.0 Å². The van der Waals surface area contributed by atoms with Gasteiger partial charge in [0, 0.05) is 50.9 Å². The van der Waals surface area contributed by atoms with E-state index >= 15 is 0 Å². The van der Waals surface area contributed by atoms with Crippen LogP contribution in [0.5, 0.6) is 5.75 Å². The predicted octanol–water partition coefficient (Wildman–Crippen LogP) is 4.47. The van der Waals surface area contributed by atoms with Gasteiger partial charge in [-0.15, -0.1) is 11.3 Å². The summed E-state index contributed by atoms with van der Waals surface area (Å²) in [7, 11) is 0. The SMILES string of the molecule is Cc1ncsc1-c1ccc(CNC(=O)[C@H]2C[C@H](O)CN2C(=O)[C@H](CC(=O)CCCC(=O)COc2cc([C@@H](O)[C@H]3O[C@@H](n4ccc5c(N)ncnc54)[C@H](O)[C@@H]3O)ccc2Cl)C(C)(C)C)cc1. The molecule has 346 valence electrons. The Kier molecular flexibility index (Phi) is 14.7. The van der Waals surface area contributed by atoms with Gasteiger partial charge in [0.05, 0.1) is 32.6 Å². The number of amides is 2. The van der Waals surface area contributed by atoms with E-state index in [0.29, 0.717) is 11.0 Å². The third-order valence-electron chi connectivity index (χ3n) is 12.1. The minimum absolute atomic E-state index is 0.00000519. The fourth-order valence-electron chi connectivity index (χ4n) is 8.35. The number of nitrogen functional groups attached to an aromatic ring is 1. The number of β-amino-alcohol motifs (C(OH)–C–C–N with tert-alkyl or cyclic N) is 1. The first-order chi connectivity index (χ1) is 30.9. The summed E-state index contributed by atoms with van der Waals surface area (Å²) in [6.07, 6.45) is -4.58. The number of aryl methyl sites for hydroxylation is 1. The number of hydrogen-bond acceptors (Lipinski definition) is 15. The first-order valence-electron chi connectivity index (χ1n) is 21.4. The fraction of sp³-hybridized carbons (Fsp3) is 0.457. The van der Waals surface area contributed by atoms with Crippen LogP contribution in [0.1, 0.15) is 82.0 Å². The highest BCUT2D eigenvalue weighted by Crippen LogP contribution is 2.40. The van der Waals surface area contributed by atoms with Gasteiger partial charge in [-0.05, 0) is 53.6 Å². The Morgan fingerprint density at radius 2 is 1.75 bits per heavy atom. The van der Waals surface area contributed by atoms with E-state index in [-0.39, 0.29) is 97.3 Å². The number of ketones is 2. The van der Waals surface area contributed by atoms with Crippen molar-refractivity contribution in [3.8, 4) is 16.2 Å². The zero-order valence-corrected chi connectivity index (χ0v) is 38.0. The molecule has 17 nitrogen and oxygen atoms in total. The van der Waals surface area contributed by atoms with E-state index in [1.165, 1.54) is 34.0 Å². The van der Waals surface area contributed by atoms with Gasteiger partial charge in [-0.2, -0.15) is 0 Å². The number of aromatic nitrogens is 4.